The van der Waals surface area contributed by atoms with Crippen molar-refractivity contribution in [3.8, 4) is 0 Å². The number of rotatable bonds is 3. The lowest BCUT2D eigenvalue weighted by Gasteiger charge is -2.16. The highest BCUT2D eigenvalue weighted by Gasteiger charge is 2.32. The number of carbonyl (C=O) groups is 2. The summed E-state index contributed by atoms with van der Waals surface area (Å²) in [6, 6.07) is -0.954. The lowest BCUT2D eigenvalue weighted by molar-refractivity contribution is -0.145. The molecule has 0 saturated carbocycles. The van der Waals surface area contributed by atoms with Gasteiger partial charge in [0.1, 0.15) is 6.04 Å². The average Bonchev–Trinajstić information content (AvgIpc) is 2.63. The Morgan fingerprint density at radius 1 is 1.53 bits per heavy atom. The summed E-state index contributed by atoms with van der Waals surface area (Å²) >= 11 is 0. The van der Waals surface area contributed by atoms with Gasteiger partial charge in [0, 0.05) is 6.04 Å². The van der Waals surface area contributed by atoms with Crippen molar-refractivity contribution < 1.29 is 19.1 Å². The van der Waals surface area contributed by atoms with Crippen molar-refractivity contribution in [1.82, 2.24) is 5.32 Å². The van der Waals surface area contributed by atoms with E-state index in [9.17, 15) is 9.59 Å². The minimum Gasteiger partial charge on any atom is -0.467 e. The number of esters is 1. The van der Waals surface area contributed by atoms with Gasteiger partial charge >= 0.3 is 5.97 Å². The molecule has 3 N–H and O–H groups in total. The van der Waals surface area contributed by atoms with E-state index in [1.807, 2.05) is 0 Å². The summed E-state index contributed by atoms with van der Waals surface area (Å²) in [5.74, 6) is -1.12. The van der Waals surface area contributed by atoms with Crippen LogP contribution in [0.4, 0.5) is 0 Å². The van der Waals surface area contributed by atoms with Crippen LogP contribution in [-0.4, -0.2) is 44.3 Å². The molecule has 6 heteroatoms. The van der Waals surface area contributed by atoms with E-state index in [0.717, 1.165) is 0 Å². The largest absolute Gasteiger partial charge is 0.467 e. The van der Waals surface area contributed by atoms with E-state index < -0.39 is 12.0 Å². The van der Waals surface area contributed by atoms with Gasteiger partial charge in [-0.3, -0.25) is 4.79 Å². The second-order valence-corrected chi connectivity index (χ2v) is 3.56. The number of hydrogen-bond donors (Lipinski definition) is 2. The zero-order chi connectivity index (χ0) is 11.4. The van der Waals surface area contributed by atoms with Gasteiger partial charge in [-0.2, -0.15) is 0 Å². The van der Waals surface area contributed by atoms with Crippen LogP contribution in [0.5, 0.6) is 0 Å². The third kappa shape index (κ3) is 2.90. The minimum atomic E-state index is -0.657. The minimum absolute atomic E-state index is 0.266. The Kier molecular flexibility index (Phi) is 4.05. The summed E-state index contributed by atoms with van der Waals surface area (Å²) in [4.78, 5) is 22.7. The van der Waals surface area contributed by atoms with Gasteiger partial charge in [0.05, 0.1) is 26.2 Å². The fraction of sp³-hybridized carbons (Fsp3) is 0.778. The number of methoxy groups -OCH3 is 1. The summed E-state index contributed by atoms with van der Waals surface area (Å²) in [6.45, 7) is 2.25. The lowest BCUT2D eigenvalue weighted by Crippen LogP contribution is -2.46. The van der Waals surface area contributed by atoms with Crippen LogP contribution in [-0.2, 0) is 19.1 Å². The molecule has 0 aromatic heterocycles. The molecule has 15 heavy (non-hydrogen) atoms. The molecule has 86 valence electrons. The first kappa shape index (κ1) is 11.9. The zero-order valence-corrected chi connectivity index (χ0v) is 8.86. The number of amides is 1. The van der Waals surface area contributed by atoms with E-state index in [1.165, 1.54) is 7.11 Å². The molecule has 1 heterocycles. The molecular weight excluding hydrogens is 200 g/mol. The Hall–Kier alpha value is -1.14. The Morgan fingerprint density at radius 2 is 2.20 bits per heavy atom. The molecule has 6 nitrogen and oxygen atoms in total. The first-order valence-electron chi connectivity index (χ1n) is 4.77. The van der Waals surface area contributed by atoms with E-state index in [-0.39, 0.29) is 17.9 Å². The number of ether oxygens (including phenoxy) is 2. The molecule has 0 aliphatic carbocycles. The van der Waals surface area contributed by atoms with Crippen LogP contribution in [0.15, 0.2) is 0 Å². The topological polar surface area (TPSA) is 90.6 Å². The van der Waals surface area contributed by atoms with Crippen LogP contribution in [0.2, 0.25) is 0 Å². The molecule has 0 aromatic rings. The van der Waals surface area contributed by atoms with Gasteiger partial charge in [0.15, 0.2) is 0 Å². The molecule has 1 fully saturated rings. The van der Waals surface area contributed by atoms with Crippen LogP contribution < -0.4 is 11.1 Å². The summed E-state index contributed by atoms with van der Waals surface area (Å²) in [5, 5.41) is 2.53. The van der Waals surface area contributed by atoms with Gasteiger partial charge in [0.2, 0.25) is 5.91 Å². The van der Waals surface area contributed by atoms with Gasteiger partial charge in [-0.05, 0) is 6.92 Å². The Morgan fingerprint density at radius 3 is 2.67 bits per heavy atom. The first-order valence-corrected chi connectivity index (χ1v) is 4.77. The standard InChI is InChI=1S/C9H16N2O4/c1-5(9(13)14-2)11-8(12)6-3-15-4-7(6)10/h5-7H,3-4,10H2,1-2H3,(H,11,12). The van der Waals surface area contributed by atoms with E-state index in [4.69, 9.17) is 10.5 Å². The van der Waals surface area contributed by atoms with Gasteiger partial charge < -0.3 is 20.5 Å². The second-order valence-electron chi connectivity index (χ2n) is 3.56. The maximum absolute atomic E-state index is 11.6. The van der Waals surface area contributed by atoms with Gasteiger partial charge in [-0.15, -0.1) is 0 Å². The summed E-state index contributed by atoms with van der Waals surface area (Å²) in [6.07, 6.45) is 0. The van der Waals surface area contributed by atoms with E-state index >= 15 is 0 Å². The molecule has 0 radical (unpaired) electrons. The maximum Gasteiger partial charge on any atom is 0.328 e. The Bertz CT molecular complexity index is 256. The first-order chi connectivity index (χ1) is 7.06. The van der Waals surface area contributed by atoms with Crippen LogP contribution in [0.3, 0.4) is 0 Å². The maximum atomic E-state index is 11.6. The number of hydrogen-bond acceptors (Lipinski definition) is 5. The Labute approximate surface area is 88.1 Å². The SMILES string of the molecule is COC(=O)C(C)NC(=O)C1COCC1N. The molecular formula is C9H16N2O4. The third-order valence-electron chi connectivity index (χ3n) is 2.37. The summed E-state index contributed by atoms with van der Waals surface area (Å²) in [7, 11) is 1.27. The smallest absolute Gasteiger partial charge is 0.328 e. The second kappa shape index (κ2) is 5.09. The van der Waals surface area contributed by atoms with Crippen molar-refractivity contribution >= 4 is 11.9 Å². The zero-order valence-electron chi connectivity index (χ0n) is 8.86. The predicted molar refractivity (Wildman–Crippen MR) is 51.9 cm³/mol. The molecule has 0 bridgehead atoms. The summed E-state index contributed by atoms with van der Waals surface area (Å²) in [5.41, 5.74) is 5.66. The van der Waals surface area contributed by atoms with Crippen LogP contribution >= 0.6 is 0 Å². The molecule has 1 rings (SSSR count). The molecule has 1 amide bonds. The van der Waals surface area contributed by atoms with Gasteiger partial charge in [-0.25, -0.2) is 4.79 Å². The van der Waals surface area contributed by atoms with Crippen molar-refractivity contribution in [1.29, 1.82) is 0 Å². The molecule has 3 atom stereocenters. The molecule has 0 aromatic carbocycles. The van der Waals surface area contributed by atoms with Crippen molar-refractivity contribution in [3.05, 3.63) is 0 Å². The van der Waals surface area contributed by atoms with E-state index in [1.54, 1.807) is 6.92 Å². The molecule has 1 saturated heterocycles. The van der Waals surface area contributed by atoms with Crippen molar-refractivity contribution in [2.75, 3.05) is 20.3 Å². The number of nitrogens with one attached hydrogen (secondary N) is 1. The van der Waals surface area contributed by atoms with Gasteiger partial charge in [-0.1, -0.05) is 0 Å². The average molecular weight is 216 g/mol. The lowest BCUT2D eigenvalue weighted by atomic mass is 10.0. The molecule has 1 aliphatic heterocycles. The normalized spacial score (nSPS) is 27.1. The number of carbonyl (C=O) groups excluding carboxylic acids is 2. The quantitative estimate of drug-likeness (QED) is 0.568. The Balaban J connectivity index is 2.44. The highest BCUT2D eigenvalue weighted by Crippen LogP contribution is 2.11. The highest BCUT2D eigenvalue weighted by molar-refractivity contribution is 5.86. The fourth-order valence-electron chi connectivity index (χ4n) is 1.40. The van der Waals surface area contributed by atoms with E-state index in [2.05, 4.69) is 10.1 Å². The fourth-order valence-corrected chi connectivity index (χ4v) is 1.40. The third-order valence-corrected chi connectivity index (χ3v) is 2.37. The molecule has 3 unspecified atom stereocenters. The van der Waals surface area contributed by atoms with Crippen LogP contribution in [0, 0.1) is 5.92 Å². The predicted octanol–water partition coefficient (Wildman–Crippen LogP) is -1.36. The van der Waals surface area contributed by atoms with Crippen molar-refractivity contribution in [2.45, 2.75) is 19.0 Å². The number of nitrogens with two attached hydrogens (primary N) is 1. The highest BCUT2D eigenvalue weighted by atomic mass is 16.5. The van der Waals surface area contributed by atoms with Crippen molar-refractivity contribution in [3.63, 3.8) is 0 Å². The monoisotopic (exact) mass is 216 g/mol. The van der Waals surface area contributed by atoms with Crippen LogP contribution in [0.1, 0.15) is 6.92 Å². The summed E-state index contributed by atoms with van der Waals surface area (Å²) < 4.78 is 9.54. The van der Waals surface area contributed by atoms with Crippen molar-refractivity contribution in [2.24, 2.45) is 11.7 Å². The van der Waals surface area contributed by atoms with E-state index in [0.29, 0.717) is 13.2 Å². The van der Waals surface area contributed by atoms with Gasteiger partial charge in [0.25, 0.3) is 0 Å². The molecule has 1 aliphatic rings. The molecule has 0 spiro atoms. The van der Waals surface area contributed by atoms with Crippen LogP contribution in [0.25, 0.3) is 0 Å².